The van der Waals surface area contributed by atoms with E-state index >= 15 is 0 Å². The molecule has 5 heteroatoms. The van der Waals surface area contributed by atoms with Crippen molar-refractivity contribution in [1.82, 2.24) is 10.1 Å². The highest BCUT2D eigenvalue weighted by molar-refractivity contribution is 5.89. The minimum atomic E-state index is -0.227. The van der Waals surface area contributed by atoms with Gasteiger partial charge in [0, 0.05) is 13.5 Å². The van der Waals surface area contributed by atoms with Crippen LogP contribution in [-0.2, 0) is 4.74 Å². The van der Waals surface area contributed by atoms with Crippen molar-refractivity contribution in [2.45, 2.75) is 33.3 Å². The molecule has 5 nitrogen and oxygen atoms in total. The number of ketones is 1. The van der Waals surface area contributed by atoms with Crippen molar-refractivity contribution in [2.75, 3.05) is 6.61 Å². The van der Waals surface area contributed by atoms with Crippen LogP contribution in [0.4, 0.5) is 0 Å². The molecule has 0 saturated heterocycles. The van der Waals surface area contributed by atoms with E-state index in [1.165, 1.54) is 6.92 Å². The van der Waals surface area contributed by atoms with E-state index in [1.54, 1.807) is 0 Å². The molecule has 0 saturated carbocycles. The predicted molar refractivity (Wildman–Crippen MR) is 49.0 cm³/mol. The largest absolute Gasteiger partial charge is 0.370 e. The Labute approximate surface area is 82.4 Å². The lowest BCUT2D eigenvalue weighted by atomic mass is 10.2. The van der Waals surface area contributed by atoms with Gasteiger partial charge in [-0.1, -0.05) is 12.1 Å². The zero-order valence-corrected chi connectivity index (χ0v) is 8.61. The lowest BCUT2D eigenvalue weighted by Crippen LogP contribution is -2.05. The van der Waals surface area contributed by atoms with Crippen LogP contribution in [0.3, 0.4) is 0 Å². The summed E-state index contributed by atoms with van der Waals surface area (Å²) in [6.45, 7) is 5.83. The van der Waals surface area contributed by atoms with Crippen LogP contribution in [0.15, 0.2) is 4.52 Å². The highest BCUT2D eigenvalue weighted by atomic mass is 16.5. The normalized spacial score (nSPS) is 12.8. The lowest BCUT2D eigenvalue weighted by molar-refractivity contribution is 0.0518. The van der Waals surface area contributed by atoms with E-state index in [0.29, 0.717) is 12.4 Å². The maximum Gasteiger partial charge on any atom is 0.293 e. The highest BCUT2D eigenvalue weighted by Crippen LogP contribution is 2.17. The Morgan fingerprint density at radius 3 is 2.71 bits per heavy atom. The molecule has 1 aromatic rings. The fourth-order valence-corrected chi connectivity index (χ4v) is 1.08. The highest BCUT2D eigenvalue weighted by Gasteiger charge is 2.18. The summed E-state index contributed by atoms with van der Waals surface area (Å²) in [4.78, 5) is 14.8. The summed E-state index contributed by atoms with van der Waals surface area (Å²) in [5.41, 5.74) is 0. The molecule has 1 heterocycles. The van der Waals surface area contributed by atoms with Gasteiger partial charge >= 0.3 is 0 Å². The van der Waals surface area contributed by atoms with Crippen molar-refractivity contribution in [2.24, 2.45) is 0 Å². The minimum Gasteiger partial charge on any atom is -0.370 e. The fourth-order valence-electron chi connectivity index (χ4n) is 1.08. The molecule has 0 amide bonds. The molecule has 1 aromatic heterocycles. The van der Waals surface area contributed by atoms with Crippen LogP contribution in [-0.4, -0.2) is 22.5 Å². The quantitative estimate of drug-likeness (QED) is 0.674. The zero-order chi connectivity index (χ0) is 10.6. The molecular weight excluding hydrogens is 184 g/mol. The maximum absolute atomic E-state index is 10.9. The minimum absolute atomic E-state index is 0.0400. The number of nitrogens with zero attached hydrogens (tertiary/aromatic N) is 2. The molecule has 1 atom stereocenters. The first-order valence-electron chi connectivity index (χ1n) is 4.65. The molecule has 14 heavy (non-hydrogen) atoms. The van der Waals surface area contributed by atoms with Crippen LogP contribution in [0.5, 0.6) is 0 Å². The van der Waals surface area contributed by atoms with Crippen LogP contribution in [0.1, 0.15) is 49.8 Å². The van der Waals surface area contributed by atoms with E-state index in [0.717, 1.165) is 6.42 Å². The van der Waals surface area contributed by atoms with E-state index in [1.807, 2.05) is 13.8 Å². The number of carbonyl (C=O) groups excluding carboxylic acids is 1. The van der Waals surface area contributed by atoms with Gasteiger partial charge in [-0.05, 0) is 13.3 Å². The summed E-state index contributed by atoms with van der Waals surface area (Å²) in [6, 6.07) is 0. The topological polar surface area (TPSA) is 65.2 Å². The van der Waals surface area contributed by atoms with Gasteiger partial charge in [-0.2, -0.15) is 4.98 Å². The maximum atomic E-state index is 10.9. The summed E-state index contributed by atoms with van der Waals surface area (Å²) in [5.74, 6) is 0.257. The van der Waals surface area contributed by atoms with Gasteiger partial charge in [0.2, 0.25) is 11.6 Å². The van der Waals surface area contributed by atoms with Gasteiger partial charge in [0.25, 0.3) is 5.89 Å². The molecule has 1 rings (SSSR count). The van der Waals surface area contributed by atoms with E-state index < -0.39 is 0 Å². The molecule has 0 aliphatic rings. The number of rotatable bonds is 5. The Hall–Kier alpha value is -1.23. The Bertz CT molecular complexity index is 309. The van der Waals surface area contributed by atoms with E-state index in [2.05, 4.69) is 10.1 Å². The number of Topliss-reactive ketones (excluding diaryl/α,β-unsaturated/α-hetero) is 1. The molecule has 0 radical (unpaired) electrons. The summed E-state index contributed by atoms with van der Waals surface area (Å²) in [5, 5.41) is 3.70. The smallest absolute Gasteiger partial charge is 0.293 e. The third kappa shape index (κ3) is 2.38. The van der Waals surface area contributed by atoms with Crippen molar-refractivity contribution in [3.8, 4) is 0 Å². The lowest BCUT2D eigenvalue weighted by Gasteiger charge is -2.08. The first-order chi connectivity index (χ1) is 6.69. The first kappa shape index (κ1) is 10.8. The SMILES string of the molecule is CCOC(CC)c1noc(C(C)=O)n1. The van der Waals surface area contributed by atoms with Crippen molar-refractivity contribution in [1.29, 1.82) is 0 Å². The summed E-state index contributed by atoms with van der Waals surface area (Å²) in [7, 11) is 0. The summed E-state index contributed by atoms with van der Waals surface area (Å²) >= 11 is 0. The number of hydrogen-bond donors (Lipinski definition) is 0. The van der Waals surface area contributed by atoms with Crippen LogP contribution in [0, 0.1) is 0 Å². The second-order valence-corrected chi connectivity index (χ2v) is 2.87. The number of hydrogen-bond acceptors (Lipinski definition) is 5. The Kier molecular flexibility index (Phi) is 3.76. The monoisotopic (exact) mass is 198 g/mol. The number of carbonyl (C=O) groups is 1. The summed E-state index contributed by atoms with van der Waals surface area (Å²) in [6.07, 6.45) is 0.571. The average molecular weight is 198 g/mol. The molecule has 0 aliphatic heterocycles. The fraction of sp³-hybridized carbons (Fsp3) is 0.667. The van der Waals surface area contributed by atoms with Crippen LogP contribution in [0.2, 0.25) is 0 Å². The third-order valence-electron chi connectivity index (χ3n) is 1.77. The molecule has 0 spiro atoms. The van der Waals surface area contributed by atoms with Gasteiger partial charge in [0.15, 0.2) is 0 Å². The van der Waals surface area contributed by atoms with Gasteiger partial charge in [-0.3, -0.25) is 4.79 Å². The number of aromatic nitrogens is 2. The molecule has 0 N–H and O–H groups in total. The molecular formula is C9H14N2O3. The van der Waals surface area contributed by atoms with E-state index in [-0.39, 0.29) is 17.8 Å². The van der Waals surface area contributed by atoms with Crippen molar-refractivity contribution in [3.63, 3.8) is 0 Å². The van der Waals surface area contributed by atoms with Gasteiger partial charge in [-0.25, -0.2) is 0 Å². The zero-order valence-electron chi connectivity index (χ0n) is 8.61. The van der Waals surface area contributed by atoms with Gasteiger partial charge < -0.3 is 9.26 Å². The van der Waals surface area contributed by atoms with Gasteiger partial charge in [0.05, 0.1) is 0 Å². The molecule has 0 aromatic carbocycles. The molecule has 0 aliphatic carbocycles. The second kappa shape index (κ2) is 4.85. The van der Waals surface area contributed by atoms with Crippen LogP contribution in [0.25, 0.3) is 0 Å². The molecule has 0 bridgehead atoms. The molecule has 1 unspecified atom stereocenters. The molecule has 78 valence electrons. The van der Waals surface area contributed by atoms with Crippen LogP contribution < -0.4 is 0 Å². The second-order valence-electron chi connectivity index (χ2n) is 2.87. The van der Waals surface area contributed by atoms with Crippen molar-refractivity contribution < 1.29 is 14.1 Å². The van der Waals surface area contributed by atoms with Gasteiger partial charge in [0.1, 0.15) is 6.10 Å². The first-order valence-corrected chi connectivity index (χ1v) is 4.65. The van der Waals surface area contributed by atoms with Crippen LogP contribution >= 0.6 is 0 Å². The van der Waals surface area contributed by atoms with Crippen molar-refractivity contribution >= 4 is 5.78 Å². The summed E-state index contributed by atoms with van der Waals surface area (Å²) < 4.78 is 10.1. The van der Waals surface area contributed by atoms with Crippen molar-refractivity contribution in [3.05, 3.63) is 11.7 Å². The Morgan fingerprint density at radius 2 is 2.29 bits per heavy atom. The number of ether oxygens (including phenoxy) is 1. The third-order valence-corrected chi connectivity index (χ3v) is 1.77. The average Bonchev–Trinajstić information content (AvgIpc) is 2.63. The van der Waals surface area contributed by atoms with E-state index in [4.69, 9.17) is 9.26 Å². The predicted octanol–water partition coefficient (Wildman–Crippen LogP) is 1.76. The Morgan fingerprint density at radius 1 is 1.57 bits per heavy atom. The van der Waals surface area contributed by atoms with E-state index in [9.17, 15) is 4.79 Å². The molecule has 0 fully saturated rings. The standard InChI is InChI=1S/C9H14N2O3/c1-4-7(13-5-2)8-10-9(6(3)12)14-11-8/h7H,4-5H2,1-3H3. The van der Waals surface area contributed by atoms with Gasteiger partial charge in [-0.15, -0.1) is 0 Å². The Balaban J connectivity index is 2.78.